The number of H-pyrrole nitrogens is 1. The molecule has 4 N–H and O–H groups in total. The van der Waals surface area contributed by atoms with E-state index in [4.69, 9.17) is 4.74 Å². The lowest BCUT2D eigenvalue weighted by Gasteiger charge is -2.47. The van der Waals surface area contributed by atoms with E-state index in [0.717, 1.165) is 22.0 Å². The highest BCUT2D eigenvalue weighted by atomic mass is 19.1. The van der Waals surface area contributed by atoms with Gasteiger partial charge in [0.15, 0.2) is 0 Å². The van der Waals surface area contributed by atoms with Crippen LogP contribution in [0.5, 0.6) is 5.75 Å². The second kappa shape index (κ2) is 7.30. The molecule has 0 radical (unpaired) electrons. The van der Waals surface area contributed by atoms with Crippen LogP contribution in [0.1, 0.15) is 0 Å². The minimum absolute atomic E-state index is 0.0609. The van der Waals surface area contributed by atoms with Crippen LogP contribution in [0.15, 0.2) is 48.7 Å². The van der Waals surface area contributed by atoms with E-state index >= 15 is 0 Å². The van der Waals surface area contributed by atoms with Crippen molar-refractivity contribution >= 4 is 16.9 Å². The number of rotatable bonds is 6. The van der Waals surface area contributed by atoms with Crippen molar-refractivity contribution in [2.75, 3.05) is 32.8 Å². The van der Waals surface area contributed by atoms with Gasteiger partial charge in [0.25, 0.3) is 0 Å². The molecule has 1 aromatic heterocycles. The summed E-state index contributed by atoms with van der Waals surface area (Å²) < 4.78 is 19.9. The summed E-state index contributed by atoms with van der Waals surface area (Å²) in [4.78, 5) is 16.5. The average Bonchev–Trinajstić information content (AvgIpc) is 3.32. The van der Waals surface area contributed by atoms with Crippen LogP contribution in [0, 0.1) is 5.82 Å². The number of nitrogens with one attached hydrogen (secondary N) is 3. The van der Waals surface area contributed by atoms with Gasteiger partial charge in [0, 0.05) is 49.3 Å². The van der Waals surface area contributed by atoms with E-state index in [9.17, 15) is 14.3 Å². The Hall–Kier alpha value is -3.10. The van der Waals surface area contributed by atoms with Crippen LogP contribution in [0.25, 0.3) is 22.0 Å². The zero-order valence-corrected chi connectivity index (χ0v) is 16.3. The molecule has 2 fully saturated rings. The number of aromatic amines is 1. The first-order valence-electron chi connectivity index (χ1n) is 9.96. The molecule has 156 valence electrons. The number of aliphatic hydroxyl groups is 1. The number of benzene rings is 2. The maximum Gasteiger partial charge on any atom is 0.315 e. The normalized spacial score (nSPS) is 18.8. The molecule has 5 rings (SSSR count). The number of amides is 2. The van der Waals surface area contributed by atoms with E-state index in [1.807, 2.05) is 30.5 Å². The van der Waals surface area contributed by atoms with Crippen molar-refractivity contribution in [3.05, 3.63) is 54.5 Å². The summed E-state index contributed by atoms with van der Waals surface area (Å²) in [6.45, 7) is 2.48. The first-order chi connectivity index (χ1) is 14.5. The number of carbonyl (C=O) groups excluding carboxylic acids is 1. The predicted octanol–water partition coefficient (Wildman–Crippen LogP) is 2.08. The van der Waals surface area contributed by atoms with Crippen molar-refractivity contribution in [2.24, 2.45) is 0 Å². The third kappa shape index (κ3) is 3.59. The molecule has 1 unspecified atom stereocenters. The van der Waals surface area contributed by atoms with E-state index < -0.39 is 11.9 Å². The highest BCUT2D eigenvalue weighted by molar-refractivity contribution is 5.95. The molecule has 1 atom stereocenters. The number of hydrogen-bond donors (Lipinski definition) is 4. The summed E-state index contributed by atoms with van der Waals surface area (Å²) >= 11 is 0. The molecule has 2 saturated heterocycles. The smallest absolute Gasteiger partial charge is 0.315 e. The highest BCUT2D eigenvalue weighted by Crippen LogP contribution is 2.31. The molecule has 0 bridgehead atoms. The van der Waals surface area contributed by atoms with Gasteiger partial charge < -0.3 is 25.5 Å². The molecule has 2 aliphatic rings. The van der Waals surface area contributed by atoms with Crippen molar-refractivity contribution in [3.63, 3.8) is 0 Å². The van der Waals surface area contributed by atoms with Crippen LogP contribution in [-0.4, -0.2) is 65.5 Å². The fourth-order valence-electron chi connectivity index (χ4n) is 4.39. The van der Waals surface area contributed by atoms with Crippen LogP contribution in [0.4, 0.5) is 9.18 Å². The second-order valence-corrected chi connectivity index (χ2v) is 8.14. The number of nitrogens with zero attached hydrogens (tertiary/aromatic N) is 1. The first-order valence-corrected chi connectivity index (χ1v) is 9.96. The molecular weight excluding hydrogens is 387 g/mol. The fourth-order valence-corrected chi connectivity index (χ4v) is 4.39. The van der Waals surface area contributed by atoms with E-state index in [-0.39, 0.29) is 18.2 Å². The number of aromatic nitrogens is 1. The van der Waals surface area contributed by atoms with Crippen molar-refractivity contribution in [3.8, 4) is 16.9 Å². The number of aliphatic hydroxyl groups excluding tert-OH is 1. The first kappa shape index (κ1) is 18.9. The SMILES string of the molecule is O=C1NCC2(CN(CC(O)COc3cc(F)cc(-c4cccc5[nH]ccc45)c3)C2)N1. The van der Waals surface area contributed by atoms with Gasteiger partial charge in [-0.1, -0.05) is 12.1 Å². The third-order valence-electron chi connectivity index (χ3n) is 5.71. The molecule has 1 spiro atoms. The van der Waals surface area contributed by atoms with E-state index in [0.29, 0.717) is 31.9 Å². The Balaban J connectivity index is 1.22. The monoisotopic (exact) mass is 410 g/mol. The number of halogens is 1. The quantitative estimate of drug-likeness (QED) is 0.501. The van der Waals surface area contributed by atoms with Gasteiger partial charge in [-0.25, -0.2) is 9.18 Å². The molecular formula is C22H23FN4O3. The predicted molar refractivity (Wildman–Crippen MR) is 111 cm³/mol. The fraction of sp³-hybridized carbons (Fsp3) is 0.318. The summed E-state index contributed by atoms with van der Waals surface area (Å²) in [5, 5.41) is 17.0. The number of ether oxygens (including phenoxy) is 1. The summed E-state index contributed by atoms with van der Waals surface area (Å²) in [5.74, 6) is -0.0115. The van der Waals surface area contributed by atoms with Gasteiger partial charge in [0.2, 0.25) is 0 Å². The maximum atomic E-state index is 14.2. The van der Waals surface area contributed by atoms with E-state index in [2.05, 4.69) is 20.5 Å². The topological polar surface area (TPSA) is 89.6 Å². The van der Waals surface area contributed by atoms with Crippen LogP contribution in [-0.2, 0) is 0 Å². The Morgan fingerprint density at radius 3 is 2.90 bits per heavy atom. The molecule has 2 amide bonds. The lowest BCUT2D eigenvalue weighted by atomic mass is 9.91. The molecule has 2 aromatic carbocycles. The molecule has 2 aliphatic heterocycles. The summed E-state index contributed by atoms with van der Waals surface area (Å²) in [5.41, 5.74) is 2.40. The highest BCUT2D eigenvalue weighted by Gasteiger charge is 2.47. The number of likely N-dealkylation sites (tertiary alicyclic amines) is 1. The number of fused-ring (bicyclic) bond motifs is 1. The van der Waals surface area contributed by atoms with Gasteiger partial charge >= 0.3 is 6.03 Å². The lowest BCUT2D eigenvalue weighted by molar-refractivity contribution is 0.00537. The van der Waals surface area contributed by atoms with Gasteiger partial charge in [-0.2, -0.15) is 0 Å². The Kier molecular flexibility index (Phi) is 4.60. The largest absolute Gasteiger partial charge is 0.491 e. The number of hydrogen-bond acceptors (Lipinski definition) is 4. The van der Waals surface area contributed by atoms with E-state index in [1.165, 1.54) is 12.1 Å². The van der Waals surface area contributed by atoms with Crippen LogP contribution in [0.2, 0.25) is 0 Å². The van der Waals surface area contributed by atoms with Crippen molar-refractivity contribution in [1.82, 2.24) is 20.5 Å². The van der Waals surface area contributed by atoms with Crippen LogP contribution in [0.3, 0.4) is 0 Å². The molecule has 0 saturated carbocycles. The number of carbonyl (C=O) groups is 1. The maximum absolute atomic E-state index is 14.2. The summed E-state index contributed by atoms with van der Waals surface area (Å²) in [6, 6.07) is 12.2. The Morgan fingerprint density at radius 2 is 2.10 bits per heavy atom. The summed E-state index contributed by atoms with van der Waals surface area (Å²) in [6.07, 6.45) is 1.14. The molecule has 30 heavy (non-hydrogen) atoms. The zero-order valence-electron chi connectivity index (χ0n) is 16.3. The molecule has 3 aromatic rings. The third-order valence-corrected chi connectivity index (χ3v) is 5.71. The standard InChI is InChI=1S/C22H23FN4O3/c23-15-6-14(18-2-1-3-20-19(18)4-5-24-20)7-17(8-15)30-10-16(28)9-27-12-22(13-27)11-25-21(29)26-22/h1-8,16,24,28H,9-13H2,(H2,25,26,29). The van der Waals surface area contributed by atoms with E-state index in [1.54, 1.807) is 6.07 Å². The molecule has 7 nitrogen and oxygen atoms in total. The zero-order chi connectivity index (χ0) is 20.7. The number of urea groups is 1. The van der Waals surface area contributed by atoms with Gasteiger partial charge in [-0.3, -0.25) is 4.90 Å². The van der Waals surface area contributed by atoms with Crippen LogP contribution >= 0.6 is 0 Å². The second-order valence-electron chi connectivity index (χ2n) is 8.14. The summed E-state index contributed by atoms with van der Waals surface area (Å²) in [7, 11) is 0. The Labute approximate surface area is 172 Å². The van der Waals surface area contributed by atoms with Crippen molar-refractivity contribution in [1.29, 1.82) is 0 Å². The minimum Gasteiger partial charge on any atom is -0.491 e. The van der Waals surface area contributed by atoms with Crippen molar-refractivity contribution < 1.29 is 19.0 Å². The van der Waals surface area contributed by atoms with Gasteiger partial charge in [0.05, 0.1) is 5.54 Å². The van der Waals surface area contributed by atoms with Gasteiger partial charge in [-0.05, 0) is 35.4 Å². The van der Waals surface area contributed by atoms with Gasteiger partial charge in [-0.15, -0.1) is 0 Å². The van der Waals surface area contributed by atoms with Gasteiger partial charge in [0.1, 0.15) is 24.3 Å². The lowest BCUT2D eigenvalue weighted by Crippen LogP contribution is -2.69. The minimum atomic E-state index is -0.716. The Morgan fingerprint density at radius 1 is 1.23 bits per heavy atom. The molecule has 8 heteroatoms. The molecule has 0 aliphatic carbocycles. The number of β-amino-alcohol motifs (C(OH)–C–C–N with tert-alkyl or cyclic N) is 1. The van der Waals surface area contributed by atoms with Crippen molar-refractivity contribution in [2.45, 2.75) is 11.6 Å². The Bertz CT molecular complexity index is 1090. The average molecular weight is 410 g/mol. The molecule has 3 heterocycles. The van der Waals surface area contributed by atoms with Crippen LogP contribution < -0.4 is 15.4 Å².